The molecule has 1 rings (SSSR count). The van der Waals surface area contributed by atoms with Gasteiger partial charge in [0.25, 0.3) is 0 Å². The molecule has 0 aromatic heterocycles. The second-order valence-corrected chi connectivity index (χ2v) is 12.1. The topological polar surface area (TPSA) is 68.2 Å². The summed E-state index contributed by atoms with van der Waals surface area (Å²) in [5, 5.41) is 0. The molecule has 130 valence electrons. The van der Waals surface area contributed by atoms with E-state index in [2.05, 4.69) is 4.90 Å². The fourth-order valence-electron chi connectivity index (χ4n) is 1.90. The monoisotopic (exact) mass is 371 g/mol. The third kappa shape index (κ3) is 7.73. The first-order valence-corrected chi connectivity index (χ1v) is 11.5. The summed E-state index contributed by atoms with van der Waals surface area (Å²) in [5.41, 5.74) is -3.29. The molecule has 1 unspecified atom stereocenters. The maximum atomic E-state index is 12.1. The zero-order chi connectivity index (χ0) is 16.6. The van der Waals surface area contributed by atoms with E-state index in [-0.39, 0.29) is 12.6 Å². The molecule has 1 heterocycles. The zero-order valence-electron chi connectivity index (χ0n) is 13.4. The van der Waals surface area contributed by atoms with Gasteiger partial charge in [0.15, 0.2) is 0 Å². The van der Waals surface area contributed by atoms with Gasteiger partial charge < -0.3 is 18.9 Å². The number of rotatable bonds is 9. The van der Waals surface area contributed by atoms with Crippen LogP contribution in [0.15, 0.2) is 0 Å². The summed E-state index contributed by atoms with van der Waals surface area (Å²) in [7, 11) is 1.38. The molecule has 0 amide bonds. The second-order valence-electron chi connectivity index (χ2n) is 5.71. The smallest absolute Gasteiger partial charge is 0.311 e. The van der Waals surface area contributed by atoms with Gasteiger partial charge in [0.05, 0.1) is 18.6 Å². The van der Waals surface area contributed by atoms with Crippen LogP contribution >= 0.6 is 17.1 Å². The number of nitrogens with zero attached hydrogens (tertiary/aromatic N) is 1. The van der Waals surface area contributed by atoms with Crippen LogP contribution in [0.4, 0.5) is 0 Å². The van der Waals surface area contributed by atoms with Gasteiger partial charge in [-0.2, -0.15) is 0 Å². The molecule has 0 bridgehead atoms. The minimum Gasteiger partial charge on any atom is -0.464 e. The zero-order valence-corrected chi connectivity index (χ0v) is 16.0. The highest BCUT2D eigenvalue weighted by molar-refractivity contribution is 8.67. The first kappa shape index (κ1) is 20.4. The number of carbonyl (C=O) groups is 1. The molecular formula is C13H26NO5PS2. The summed E-state index contributed by atoms with van der Waals surface area (Å²) in [5.74, 6) is 0.220. The van der Waals surface area contributed by atoms with Gasteiger partial charge in [-0.25, -0.2) is 0 Å². The number of hydrogen-bond acceptors (Lipinski definition) is 7. The van der Waals surface area contributed by atoms with E-state index in [0.29, 0.717) is 5.75 Å². The van der Waals surface area contributed by atoms with E-state index >= 15 is 0 Å². The van der Waals surface area contributed by atoms with Gasteiger partial charge in [0.2, 0.25) is 5.69 Å². The normalized spacial score (nSPS) is 19.6. The first-order chi connectivity index (χ1) is 10.3. The van der Waals surface area contributed by atoms with Crippen molar-refractivity contribution < 1.29 is 23.7 Å². The highest BCUT2D eigenvalue weighted by Crippen LogP contribution is 2.55. The molecule has 6 nitrogen and oxygen atoms in total. The highest BCUT2D eigenvalue weighted by atomic mass is 32.9. The Morgan fingerprint density at radius 2 is 2.09 bits per heavy atom. The lowest BCUT2D eigenvalue weighted by Gasteiger charge is -2.30. The van der Waals surface area contributed by atoms with Crippen LogP contribution in [0, 0.1) is 5.41 Å². The Balaban J connectivity index is 2.25. The molecule has 0 aromatic rings. The van der Waals surface area contributed by atoms with Gasteiger partial charge in [-0.1, -0.05) is 11.4 Å². The van der Waals surface area contributed by atoms with E-state index in [1.54, 1.807) is 0 Å². The van der Waals surface area contributed by atoms with E-state index in [0.717, 1.165) is 50.7 Å². The minimum absolute atomic E-state index is 0.218. The van der Waals surface area contributed by atoms with Gasteiger partial charge in [0, 0.05) is 26.0 Å². The van der Waals surface area contributed by atoms with Crippen molar-refractivity contribution in [2.75, 3.05) is 52.3 Å². The Kier molecular flexibility index (Phi) is 8.85. The molecule has 0 aliphatic carbocycles. The predicted molar refractivity (Wildman–Crippen MR) is 92.6 cm³/mol. The quantitative estimate of drug-likeness (QED) is 0.374. The first-order valence-electron chi connectivity index (χ1n) is 7.27. The third-order valence-electron chi connectivity index (χ3n) is 3.51. The van der Waals surface area contributed by atoms with Crippen LogP contribution in [0.5, 0.6) is 0 Å². The summed E-state index contributed by atoms with van der Waals surface area (Å²) >= 11 is 5.99. The van der Waals surface area contributed by atoms with Gasteiger partial charge in [-0.05, 0) is 38.6 Å². The number of ether oxygens (including phenoxy) is 2. The van der Waals surface area contributed by atoms with Crippen LogP contribution in [0.25, 0.3) is 0 Å². The molecule has 1 fully saturated rings. The minimum atomic E-state index is -2.77. The summed E-state index contributed by atoms with van der Waals surface area (Å²) in [6.45, 7) is 8.24. The molecule has 9 heteroatoms. The molecular weight excluding hydrogens is 345 g/mol. The Morgan fingerprint density at radius 3 is 2.68 bits per heavy atom. The maximum absolute atomic E-state index is 12.1. The second kappa shape index (κ2) is 9.57. The van der Waals surface area contributed by atoms with Crippen LogP contribution in [0.2, 0.25) is 0 Å². The lowest BCUT2D eigenvalue weighted by Crippen LogP contribution is -2.39. The summed E-state index contributed by atoms with van der Waals surface area (Å²) in [6.07, 6.45) is 0.745. The van der Waals surface area contributed by atoms with Gasteiger partial charge in [0.1, 0.15) is 6.61 Å². The molecule has 0 aromatic carbocycles. The van der Waals surface area contributed by atoms with Crippen LogP contribution in [0.1, 0.15) is 20.3 Å². The van der Waals surface area contributed by atoms with Crippen LogP contribution < -0.4 is 0 Å². The van der Waals surface area contributed by atoms with Crippen molar-refractivity contribution in [2.45, 2.75) is 20.3 Å². The number of carbonyl (C=O) groups excluding carboxylic acids is 1. The fraction of sp³-hybridized carbons (Fsp3) is 0.923. The predicted octanol–water partition coefficient (Wildman–Crippen LogP) is 1.87. The van der Waals surface area contributed by atoms with Crippen molar-refractivity contribution in [3.8, 4) is 0 Å². The largest absolute Gasteiger partial charge is 0.464 e. The molecule has 1 N–H and O–H groups in total. The van der Waals surface area contributed by atoms with Crippen molar-refractivity contribution in [1.29, 1.82) is 0 Å². The van der Waals surface area contributed by atoms with E-state index in [9.17, 15) is 9.69 Å². The van der Waals surface area contributed by atoms with E-state index in [1.807, 2.05) is 13.8 Å². The number of hydrogen-bond donors (Lipinski definition) is 1. The highest BCUT2D eigenvalue weighted by Gasteiger charge is 2.30. The Labute approximate surface area is 141 Å². The molecule has 22 heavy (non-hydrogen) atoms. The fourth-order valence-corrected chi connectivity index (χ4v) is 4.30. The van der Waals surface area contributed by atoms with E-state index < -0.39 is 11.1 Å². The summed E-state index contributed by atoms with van der Waals surface area (Å²) in [4.78, 5) is 24.0. The van der Waals surface area contributed by atoms with Crippen molar-refractivity contribution in [1.82, 2.24) is 4.90 Å². The average molecular weight is 371 g/mol. The molecule has 0 saturated carbocycles. The van der Waals surface area contributed by atoms with Crippen molar-refractivity contribution in [3.05, 3.63) is 0 Å². The molecule has 0 spiro atoms. The van der Waals surface area contributed by atoms with Crippen LogP contribution in [0.3, 0.4) is 0 Å². The molecule has 1 aliphatic heterocycles. The van der Waals surface area contributed by atoms with E-state index in [4.69, 9.17) is 25.8 Å². The number of esters is 1. The van der Waals surface area contributed by atoms with Crippen molar-refractivity contribution in [3.63, 3.8) is 0 Å². The van der Waals surface area contributed by atoms with E-state index in [1.165, 1.54) is 7.11 Å². The lowest BCUT2D eigenvalue weighted by atomic mass is 9.89. The van der Waals surface area contributed by atoms with Gasteiger partial charge >= 0.3 is 5.97 Å². The van der Waals surface area contributed by atoms with Crippen LogP contribution in [-0.2, 0) is 30.6 Å². The van der Waals surface area contributed by atoms with Crippen molar-refractivity contribution in [2.24, 2.45) is 5.41 Å². The lowest BCUT2D eigenvalue weighted by molar-refractivity contribution is -0.153. The van der Waals surface area contributed by atoms with Gasteiger partial charge in [-0.3, -0.25) is 9.69 Å². The molecule has 0 radical (unpaired) electrons. The Morgan fingerprint density at radius 1 is 1.45 bits per heavy atom. The Hall–Kier alpha value is 0.310. The van der Waals surface area contributed by atoms with Gasteiger partial charge in [-0.15, -0.1) is 0 Å². The summed E-state index contributed by atoms with van der Waals surface area (Å²) < 4.78 is 15.4. The maximum Gasteiger partial charge on any atom is 0.311 e. The molecule has 1 atom stereocenters. The van der Waals surface area contributed by atoms with Crippen molar-refractivity contribution >= 4 is 34.9 Å². The third-order valence-corrected chi connectivity index (χ3v) is 8.02. The molecule has 1 aliphatic rings. The summed E-state index contributed by atoms with van der Waals surface area (Å²) in [6, 6.07) is 0. The standard InChI is InChI=1S/C13H26NO5PS2/c1-13(2,4-5-14-6-8-18-9-7-14)12(15)19-10-11-22-20(16,21)17-3/h4-11H2,1-3H3,(H,16,21). The number of morpholine rings is 1. The SMILES string of the molecule is COP(O)(=S)SCCOC(=O)C(C)(C)CCN1CCOCC1. The van der Waals surface area contributed by atoms with Crippen LogP contribution in [-0.4, -0.2) is 68.1 Å². The Bertz CT molecular complexity index is 402. The molecule has 1 saturated heterocycles. The average Bonchev–Trinajstić information content (AvgIpc) is 2.50.